The van der Waals surface area contributed by atoms with E-state index in [0.717, 1.165) is 13.1 Å². The monoisotopic (exact) mass is 293 g/mol. The summed E-state index contributed by atoms with van der Waals surface area (Å²) in [7, 11) is 2.14. The highest BCUT2D eigenvalue weighted by molar-refractivity contribution is 5.78. The van der Waals surface area contributed by atoms with E-state index in [4.69, 9.17) is 0 Å². The Balaban J connectivity index is 1.52. The molecular formula is C17H31N3O. The van der Waals surface area contributed by atoms with Crippen LogP contribution in [0.25, 0.3) is 0 Å². The van der Waals surface area contributed by atoms with E-state index in [1.807, 2.05) is 0 Å². The van der Waals surface area contributed by atoms with Crippen molar-refractivity contribution in [2.75, 3.05) is 26.7 Å². The summed E-state index contributed by atoms with van der Waals surface area (Å²) in [5.41, 5.74) is 0. The van der Waals surface area contributed by atoms with Crippen molar-refractivity contribution >= 4 is 5.91 Å². The fourth-order valence-corrected chi connectivity index (χ4v) is 4.70. The van der Waals surface area contributed by atoms with Gasteiger partial charge in [-0.1, -0.05) is 13.8 Å². The summed E-state index contributed by atoms with van der Waals surface area (Å²) >= 11 is 0. The Morgan fingerprint density at radius 3 is 2.24 bits per heavy atom. The minimum atomic E-state index is 0.335. The molecule has 3 saturated heterocycles. The number of likely N-dealkylation sites (N-methyl/N-ethyl adjacent to an activating group) is 1. The highest BCUT2D eigenvalue weighted by atomic mass is 16.2. The molecule has 0 aromatic heterocycles. The van der Waals surface area contributed by atoms with Crippen molar-refractivity contribution < 1.29 is 4.79 Å². The molecule has 4 unspecified atom stereocenters. The van der Waals surface area contributed by atoms with Crippen molar-refractivity contribution in [2.45, 2.75) is 64.1 Å². The van der Waals surface area contributed by atoms with E-state index in [1.165, 1.54) is 32.1 Å². The Morgan fingerprint density at radius 1 is 1.10 bits per heavy atom. The van der Waals surface area contributed by atoms with Gasteiger partial charge >= 0.3 is 0 Å². The molecule has 0 radical (unpaired) electrons. The second-order valence-corrected chi connectivity index (χ2v) is 7.92. The van der Waals surface area contributed by atoms with Crippen molar-refractivity contribution in [3.8, 4) is 0 Å². The quantitative estimate of drug-likeness (QED) is 0.860. The Labute approximate surface area is 129 Å². The Kier molecular flexibility index (Phi) is 4.55. The molecule has 21 heavy (non-hydrogen) atoms. The predicted molar refractivity (Wildman–Crippen MR) is 85.1 cm³/mol. The maximum absolute atomic E-state index is 12.6. The molecule has 0 aromatic rings. The smallest absolute Gasteiger partial charge is 0.236 e. The third kappa shape index (κ3) is 3.59. The fraction of sp³-hybridized carbons (Fsp3) is 0.941. The lowest BCUT2D eigenvalue weighted by molar-refractivity contribution is -0.135. The number of nitrogens with zero attached hydrogens (tertiary/aromatic N) is 2. The number of fused-ring (bicyclic) bond motifs is 2. The average molecular weight is 293 g/mol. The molecule has 0 spiro atoms. The highest BCUT2D eigenvalue weighted by Gasteiger charge is 2.36. The summed E-state index contributed by atoms with van der Waals surface area (Å²) in [4.78, 5) is 17.0. The number of hydrogen-bond acceptors (Lipinski definition) is 3. The molecular weight excluding hydrogens is 262 g/mol. The van der Waals surface area contributed by atoms with Gasteiger partial charge in [-0.3, -0.25) is 9.69 Å². The molecule has 4 nitrogen and oxygen atoms in total. The maximum atomic E-state index is 12.6. The van der Waals surface area contributed by atoms with Crippen molar-refractivity contribution in [1.82, 2.24) is 15.1 Å². The second kappa shape index (κ2) is 6.25. The summed E-state index contributed by atoms with van der Waals surface area (Å²) in [5, 5.41) is 3.68. The first-order valence-corrected chi connectivity index (χ1v) is 8.75. The van der Waals surface area contributed by atoms with Crippen molar-refractivity contribution in [2.24, 2.45) is 11.8 Å². The second-order valence-electron chi connectivity index (χ2n) is 7.92. The lowest BCUT2D eigenvalue weighted by atomic mass is 9.92. The zero-order chi connectivity index (χ0) is 15.0. The lowest BCUT2D eigenvalue weighted by Crippen LogP contribution is -2.51. The van der Waals surface area contributed by atoms with E-state index in [-0.39, 0.29) is 0 Å². The van der Waals surface area contributed by atoms with Crippen LogP contribution in [0.5, 0.6) is 0 Å². The number of likely N-dealkylation sites (tertiary alicyclic amines) is 1. The molecule has 3 aliphatic rings. The van der Waals surface area contributed by atoms with Gasteiger partial charge in [0.1, 0.15) is 0 Å². The SMILES string of the molecule is CC1CC(C)CN(C(=O)CN(C)C2CC3CCC(C2)N3)C1. The van der Waals surface area contributed by atoms with Gasteiger partial charge in [0.15, 0.2) is 0 Å². The van der Waals surface area contributed by atoms with Crippen LogP contribution in [0.1, 0.15) is 46.0 Å². The maximum Gasteiger partial charge on any atom is 0.236 e. The van der Waals surface area contributed by atoms with E-state index in [2.05, 4.69) is 36.0 Å². The number of nitrogens with one attached hydrogen (secondary N) is 1. The van der Waals surface area contributed by atoms with Crippen LogP contribution in [0.2, 0.25) is 0 Å². The van der Waals surface area contributed by atoms with Gasteiger partial charge in [0.05, 0.1) is 6.54 Å². The first kappa shape index (κ1) is 15.3. The summed E-state index contributed by atoms with van der Waals surface area (Å²) in [6.45, 7) is 7.04. The van der Waals surface area contributed by atoms with Gasteiger partial charge in [-0.05, 0) is 51.0 Å². The standard InChI is InChI=1S/C17H31N3O/c1-12-6-13(2)10-20(9-12)17(21)11-19(3)16-7-14-4-5-15(8-16)18-14/h12-16,18H,4-11H2,1-3H3. The number of rotatable bonds is 3. The molecule has 3 rings (SSSR count). The van der Waals surface area contributed by atoms with Crippen LogP contribution >= 0.6 is 0 Å². The topological polar surface area (TPSA) is 35.6 Å². The predicted octanol–water partition coefficient (Wildman–Crippen LogP) is 1.71. The first-order valence-electron chi connectivity index (χ1n) is 8.75. The molecule has 0 aromatic carbocycles. The van der Waals surface area contributed by atoms with E-state index < -0.39 is 0 Å². The largest absolute Gasteiger partial charge is 0.341 e. The van der Waals surface area contributed by atoms with Crippen LogP contribution in [0.4, 0.5) is 0 Å². The van der Waals surface area contributed by atoms with Gasteiger partial charge in [0.2, 0.25) is 5.91 Å². The van der Waals surface area contributed by atoms with Crippen LogP contribution < -0.4 is 5.32 Å². The molecule has 3 heterocycles. The highest BCUT2D eigenvalue weighted by Crippen LogP contribution is 2.29. The Bertz CT molecular complexity index is 364. The number of piperidine rings is 2. The zero-order valence-electron chi connectivity index (χ0n) is 13.8. The van der Waals surface area contributed by atoms with Crippen LogP contribution in [0.3, 0.4) is 0 Å². The number of amides is 1. The van der Waals surface area contributed by atoms with Gasteiger partial charge in [0.25, 0.3) is 0 Å². The van der Waals surface area contributed by atoms with Crippen LogP contribution in [-0.2, 0) is 4.79 Å². The molecule has 3 aliphatic heterocycles. The van der Waals surface area contributed by atoms with Crippen LogP contribution in [0, 0.1) is 11.8 Å². The fourth-order valence-electron chi connectivity index (χ4n) is 4.70. The minimum Gasteiger partial charge on any atom is -0.341 e. The van der Waals surface area contributed by atoms with Crippen molar-refractivity contribution in [3.05, 3.63) is 0 Å². The summed E-state index contributed by atoms with van der Waals surface area (Å²) in [5.74, 6) is 1.64. The molecule has 1 N–H and O–H groups in total. The third-order valence-corrected chi connectivity index (χ3v) is 5.68. The minimum absolute atomic E-state index is 0.335. The van der Waals surface area contributed by atoms with Gasteiger partial charge in [0, 0.05) is 31.2 Å². The van der Waals surface area contributed by atoms with E-state index in [0.29, 0.717) is 42.4 Å². The number of carbonyl (C=O) groups excluding carboxylic acids is 1. The Hall–Kier alpha value is -0.610. The molecule has 120 valence electrons. The summed E-state index contributed by atoms with van der Waals surface area (Å²) in [6, 6.07) is 1.98. The van der Waals surface area contributed by atoms with E-state index in [9.17, 15) is 4.79 Å². The summed E-state index contributed by atoms with van der Waals surface area (Å²) in [6.07, 6.45) is 6.34. The summed E-state index contributed by atoms with van der Waals surface area (Å²) < 4.78 is 0. The van der Waals surface area contributed by atoms with Crippen molar-refractivity contribution in [1.29, 1.82) is 0 Å². The molecule has 4 atom stereocenters. The first-order chi connectivity index (χ1) is 10.0. The molecule has 3 fully saturated rings. The van der Waals surface area contributed by atoms with Crippen molar-refractivity contribution in [3.63, 3.8) is 0 Å². The molecule has 4 heteroatoms. The number of carbonyl (C=O) groups is 1. The Morgan fingerprint density at radius 2 is 1.67 bits per heavy atom. The van der Waals surface area contributed by atoms with Crippen LogP contribution in [0.15, 0.2) is 0 Å². The molecule has 0 aliphatic carbocycles. The van der Waals surface area contributed by atoms with Crippen LogP contribution in [-0.4, -0.2) is 60.5 Å². The van der Waals surface area contributed by atoms with Gasteiger partial charge in [-0.25, -0.2) is 0 Å². The number of hydrogen-bond donors (Lipinski definition) is 1. The molecule has 0 saturated carbocycles. The molecule has 2 bridgehead atoms. The van der Waals surface area contributed by atoms with E-state index >= 15 is 0 Å². The zero-order valence-corrected chi connectivity index (χ0v) is 13.8. The van der Waals surface area contributed by atoms with Gasteiger partial charge in [-0.2, -0.15) is 0 Å². The average Bonchev–Trinajstić information content (AvgIpc) is 2.76. The normalized spacial score (nSPS) is 39.8. The lowest BCUT2D eigenvalue weighted by Gasteiger charge is -2.38. The van der Waals surface area contributed by atoms with Gasteiger partial charge in [-0.15, -0.1) is 0 Å². The molecule has 1 amide bonds. The van der Waals surface area contributed by atoms with Gasteiger partial charge < -0.3 is 10.2 Å². The van der Waals surface area contributed by atoms with E-state index in [1.54, 1.807) is 0 Å². The third-order valence-electron chi connectivity index (χ3n) is 5.68.